The zero-order chi connectivity index (χ0) is 36.2. The summed E-state index contributed by atoms with van der Waals surface area (Å²) in [5, 5.41) is 14.2. The molecule has 2 saturated heterocycles. The van der Waals surface area contributed by atoms with Crippen LogP contribution in [0.3, 0.4) is 0 Å². The van der Waals surface area contributed by atoms with Gasteiger partial charge in [0, 0.05) is 12.8 Å². The van der Waals surface area contributed by atoms with E-state index in [9.17, 15) is 24.0 Å². The normalized spacial score (nSPS) is 26.9. The van der Waals surface area contributed by atoms with E-state index in [-0.39, 0.29) is 39.6 Å². The Morgan fingerprint density at radius 3 is 1.59 bits per heavy atom. The molecule has 276 valence electrons. The fourth-order valence-corrected chi connectivity index (χ4v) is 6.02. The lowest BCUT2D eigenvalue weighted by Gasteiger charge is -2.16. The number of amides is 2. The summed E-state index contributed by atoms with van der Waals surface area (Å²) < 4.78 is 46.5. The molecule has 2 aromatic rings. The smallest absolute Gasteiger partial charge is 0.464 e. The minimum absolute atomic E-state index is 0.118. The second-order valence-electron chi connectivity index (χ2n) is 11.7. The molecule has 51 heavy (non-hydrogen) atoms. The molecule has 2 heterocycles. The van der Waals surface area contributed by atoms with E-state index in [0.29, 0.717) is 12.8 Å². The molecule has 4 aliphatic rings. The molecule has 8 atom stereocenters. The summed E-state index contributed by atoms with van der Waals surface area (Å²) in [4.78, 5) is 58.3. The Balaban J connectivity index is 0.000000199. The highest BCUT2D eigenvalue weighted by Gasteiger charge is 2.55. The molecule has 3 N–H and O–H groups in total. The van der Waals surface area contributed by atoms with Gasteiger partial charge in [0.25, 0.3) is 0 Å². The molecule has 17 nitrogen and oxygen atoms in total. The summed E-state index contributed by atoms with van der Waals surface area (Å²) in [5.41, 5.74) is 1.72. The average Bonchev–Trinajstić information content (AvgIpc) is 3.87. The minimum Gasteiger partial charge on any atom is -0.464 e. The van der Waals surface area contributed by atoms with Gasteiger partial charge >= 0.3 is 30.5 Å². The molecular weight excluding hydrogens is 676 g/mol. The largest absolute Gasteiger partial charge is 0.509 e. The van der Waals surface area contributed by atoms with Crippen molar-refractivity contribution in [2.75, 3.05) is 26.4 Å². The number of nitrogens with one attached hydrogen (secondary N) is 2. The van der Waals surface area contributed by atoms with Crippen molar-refractivity contribution < 1.29 is 71.7 Å². The lowest BCUT2D eigenvalue weighted by atomic mass is 10.2. The number of rotatable bonds is 13. The maximum Gasteiger partial charge on any atom is 0.509 e. The first kappa shape index (κ1) is 37.1. The van der Waals surface area contributed by atoms with Crippen molar-refractivity contribution in [2.45, 2.75) is 81.7 Å². The molecule has 17 heteroatoms. The van der Waals surface area contributed by atoms with Gasteiger partial charge < -0.3 is 58.4 Å². The summed E-state index contributed by atoms with van der Waals surface area (Å²) in [6, 6.07) is 17.5. The number of benzene rings is 2. The van der Waals surface area contributed by atoms with Gasteiger partial charge in [0.15, 0.2) is 24.4 Å². The fraction of sp³-hybridized carbons (Fsp3) is 0.500. The maximum atomic E-state index is 12.1. The highest BCUT2D eigenvalue weighted by molar-refractivity contribution is 5.71. The molecule has 0 bridgehead atoms. The number of esters is 1. The lowest BCUT2D eigenvalue weighted by Crippen LogP contribution is -2.42. The van der Waals surface area contributed by atoms with Gasteiger partial charge in [-0.1, -0.05) is 60.7 Å². The predicted octanol–water partition coefficient (Wildman–Crippen LogP) is 2.50. The van der Waals surface area contributed by atoms with Crippen LogP contribution in [0, 0.1) is 0 Å². The minimum atomic E-state index is -0.834. The fourth-order valence-electron chi connectivity index (χ4n) is 6.02. The summed E-state index contributed by atoms with van der Waals surface area (Å²) >= 11 is 0. The first-order valence-electron chi connectivity index (χ1n) is 16.4. The zero-order valence-corrected chi connectivity index (χ0v) is 27.7. The Morgan fingerprint density at radius 1 is 0.686 bits per heavy atom. The molecule has 0 unspecified atom stereocenters. The van der Waals surface area contributed by atoms with E-state index in [2.05, 4.69) is 10.6 Å². The molecule has 2 amide bonds. The van der Waals surface area contributed by atoms with Crippen LogP contribution >= 0.6 is 0 Å². The molecule has 2 saturated carbocycles. The number of carbonyl (C=O) groups is 5. The van der Waals surface area contributed by atoms with Crippen molar-refractivity contribution in [1.29, 1.82) is 0 Å². The van der Waals surface area contributed by atoms with Crippen LogP contribution in [0.25, 0.3) is 0 Å². The van der Waals surface area contributed by atoms with Gasteiger partial charge in [-0.05, 0) is 18.1 Å². The van der Waals surface area contributed by atoms with Crippen LogP contribution in [-0.4, -0.2) is 111 Å². The molecule has 0 aromatic heterocycles. The van der Waals surface area contributed by atoms with Crippen molar-refractivity contribution >= 4 is 30.5 Å². The van der Waals surface area contributed by atoms with Crippen LogP contribution < -0.4 is 10.6 Å². The number of hydrogen-bond donors (Lipinski definition) is 3. The van der Waals surface area contributed by atoms with Gasteiger partial charge in [-0.25, -0.2) is 24.0 Å². The van der Waals surface area contributed by atoms with Crippen molar-refractivity contribution in [3.8, 4) is 0 Å². The van der Waals surface area contributed by atoms with Crippen molar-refractivity contribution in [3.63, 3.8) is 0 Å². The Hall–Kier alpha value is -5.13. The molecule has 2 aliphatic heterocycles. The van der Waals surface area contributed by atoms with E-state index in [1.54, 1.807) is 6.92 Å². The monoisotopic (exact) mass is 716 g/mol. The number of aliphatic hydroxyl groups excluding tert-OH is 1. The van der Waals surface area contributed by atoms with Crippen molar-refractivity contribution in [3.05, 3.63) is 71.8 Å². The van der Waals surface area contributed by atoms with Crippen LogP contribution in [0.1, 0.15) is 30.9 Å². The van der Waals surface area contributed by atoms with E-state index in [0.717, 1.165) is 11.1 Å². The van der Waals surface area contributed by atoms with E-state index < -0.39 is 79.2 Å². The summed E-state index contributed by atoms with van der Waals surface area (Å²) in [6.45, 7) is 1.91. The first-order chi connectivity index (χ1) is 24.7. The van der Waals surface area contributed by atoms with Crippen molar-refractivity contribution in [1.82, 2.24) is 10.6 Å². The first-order valence-corrected chi connectivity index (χ1v) is 16.4. The maximum absolute atomic E-state index is 12.1. The second kappa shape index (κ2) is 18.2. The molecule has 2 aliphatic carbocycles. The second-order valence-corrected chi connectivity index (χ2v) is 11.7. The molecule has 2 aromatic carbocycles. The molecular formula is C34H40N2O15. The highest BCUT2D eigenvalue weighted by atomic mass is 16.8. The Labute approximate surface area is 292 Å². The Kier molecular flexibility index (Phi) is 13.3. The standard InChI is InChI=1S/C18H21NO8.C16H19NO7/c1-2-23-14(20)10-24-13-8-12(15-16(13)27-18(22)26-15)19-17(21)25-9-11-6-4-3-5-7-11;18-6-7-21-12-8-11(13-14(12)24-16(20)23-13)17-15(19)22-9-10-4-2-1-3-5-10/h3-7,12-13,15-16H,2,8-10H2,1H3,(H,19,21);1-5,11-14,18H,6-9H2,(H,17,19)/t12-,13+,15+,16-;11-,12+,13+,14-/m11/s1. The Morgan fingerprint density at radius 2 is 1.14 bits per heavy atom. The van der Waals surface area contributed by atoms with Crippen LogP contribution in [-0.2, 0) is 60.6 Å². The third kappa shape index (κ3) is 10.4. The number of aliphatic hydroxyl groups is 1. The van der Waals surface area contributed by atoms with Gasteiger partial charge in [-0.3, -0.25) is 0 Å². The number of fused-ring (bicyclic) bond motifs is 2. The van der Waals surface area contributed by atoms with E-state index in [1.807, 2.05) is 60.7 Å². The van der Waals surface area contributed by atoms with Crippen LogP contribution in [0.15, 0.2) is 60.7 Å². The van der Waals surface area contributed by atoms with E-state index >= 15 is 0 Å². The molecule has 4 fully saturated rings. The highest BCUT2D eigenvalue weighted by Crippen LogP contribution is 2.35. The van der Waals surface area contributed by atoms with Gasteiger partial charge in [0.2, 0.25) is 0 Å². The van der Waals surface area contributed by atoms with Crippen LogP contribution in [0.5, 0.6) is 0 Å². The number of hydrogen-bond acceptors (Lipinski definition) is 15. The van der Waals surface area contributed by atoms with Gasteiger partial charge in [0.1, 0.15) is 32.0 Å². The van der Waals surface area contributed by atoms with Crippen LogP contribution in [0.4, 0.5) is 19.2 Å². The summed E-state index contributed by atoms with van der Waals surface area (Å²) in [5.74, 6) is -0.516. The third-order valence-electron chi connectivity index (χ3n) is 8.25. The van der Waals surface area contributed by atoms with E-state index in [1.165, 1.54) is 0 Å². The van der Waals surface area contributed by atoms with Crippen molar-refractivity contribution in [2.24, 2.45) is 0 Å². The number of alkyl carbamates (subject to hydrolysis) is 2. The topological polar surface area (TPSA) is 213 Å². The summed E-state index contributed by atoms with van der Waals surface area (Å²) in [7, 11) is 0. The molecule has 0 radical (unpaired) electrons. The quantitative estimate of drug-likeness (QED) is 0.201. The average molecular weight is 717 g/mol. The zero-order valence-electron chi connectivity index (χ0n) is 27.7. The lowest BCUT2D eigenvalue weighted by molar-refractivity contribution is -0.152. The van der Waals surface area contributed by atoms with Gasteiger partial charge in [-0.15, -0.1) is 0 Å². The van der Waals surface area contributed by atoms with Gasteiger partial charge in [-0.2, -0.15) is 0 Å². The summed E-state index contributed by atoms with van der Waals surface area (Å²) in [6.07, 6.45) is -5.80. The van der Waals surface area contributed by atoms with Crippen LogP contribution in [0.2, 0.25) is 0 Å². The predicted molar refractivity (Wildman–Crippen MR) is 170 cm³/mol. The Bertz CT molecular complexity index is 1480. The third-order valence-corrected chi connectivity index (χ3v) is 8.25. The number of ether oxygens (including phenoxy) is 9. The molecule has 6 rings (SSSR count). The van der Waals surface area contributed by atoms with Gasteiger partial charge in [0.05, 0.1) is 31.9 Å². The van der Waals surface area contributed by atoms with E-state index in [4.69, 9.17) is 47.7 Å². The molecule has 0 spiro atoms. The SMILES string of the molecule is CCOC(=O)CO[C@H]1C[C@@H](NC(=O)OCc2ccccc2)[C@@H]2OC(=O)O[C@@H]21.O=C(N[C@@H]1C[C@H](OCCO)[C@H]2OC(=O)O[C@H]21)OCc1ccccc1. The number of carbonyl (C=O) groups excluding carboxylic acids is 5.